The van der Waals surface area contributed by atoms with Crippen LogP contribution in [-0.4, -0.2) is 42.1 Å². The number of halogens is 3. The Morgan fingerprint density at radius 2 is 1.62 bits per heavy atom. The predicted molar refractivity (Wildman–Crippen MR) is 219 cm³/mol. The van der Waals surface area contributed by atoms with Crippen molar-refractivity contribution >= 4 is 84.0 Å². The van der Waals surface area contributed by atoms with Crippen LogP contribution in [0, 0.1) is 7.14 Å². The van der Waals surface area contributed by atoms with E-state index in [0.29, 0.717) is 19.4 Å². The lowest BCUT2D eigenvalue weighted by atomic mass is 9.81. The van der Waals surface area contributed by atoms with Gasteiger partial charge in [0.05, 0.1) is 11.2 Å². The Labute approximate surface area is 320 Å². The predicted octanol–water partition coefficient (Wildman–Crippen LogP) is 11.0. The molecule has 48 heavy (non-hydrogen) atoms. The van der Waals surface area contributed by atoms with E-state index in [1.54, 1.807) is 0 Å². The summed E-state index contributed by atoms with van der Waals surface area (Å²) in [5.41, 5.74) is 9.62. The zero-order valence-corrected chi connectivity index (χ0v) is 34.6. The van der Waals surface area contributed by atoms with Gasteiger partial charge < -0.3 is 4.90 Å². The summed E-state index contributed by atoms with van der Waals surface area (Å²) in [6.45, 7) is 13.1. The Morgan fingerprint density at radius 3 is 2.33 bits per heavy atom. The van der Waals surface area contributed by atoms with Crippen molar-refractivity contribution in [1.29, 1.82) is 0 Å². The third-order valence-electron chi connectivity index (χ3n) is 10.1. The molecule has 2 aliphatic heterocycles. The maximum absolute atomic E-state index is 11.3. The molecule has 0 fully saturated rings. The van der Waals surface area contributed by atoms with Gasteiger partial charge in [-0.05, 0) is 151 Å². The van der Waals surface area contributed by atoms with Crippen LogP contribution in [0.1, 0.15) is 97.1 Å². The standard InChI is InChI=1S/C39H47ClI2N2O3S/c1-6-7-8-22-43-33-18-16-29(41)25-31(33)38(2,3)35(43)20-14-27-12-11-13-28(37(27)40)15-21-36-39(4,5)32-26-30(42)17-19-34(32)44(36)23-9-10-24-48(45,46)47/h14-21,25-26H,6-13,22-24H2,1-5H3/p+1. The Kier molecular flexibility index (Phi) is 12.1. The van der Waals surface area contributed by atoms with E-state index in [2.05, 4.69) is 150 Å². The van der Waals surface area contributed by atoms with Crippen molar-refractivity contribution in [3.8, 4) is 0 Å². The van der Waals surface area contributed by atoms with Crippen LogP contribution in [0.5, 0.6) is 0 Å². The SMILES string of the molecule is CCCCC[N+]1=C(/C=C/C2=C(Cl)C(=C/C=C3/N(CCCCS(=O)(=O)O)c4ccc(I)cc4C3(C)C)/CCC2)C(C)(C)c2cc(I)ccc21. The summed E-state index contributed by atoms with van der Waals surface area (Å²) in [5, 5.41) is 0.845. The molecule has 3 aliphatic rings. The van der Waals surface area contributed by atoms with E-state index in [0.717, 1.165) is 48.5 Å². The van der Waals surface area contributed by atoms with Crippen molar-refractivity contribution in [2.24, 2.45) is 0 Å². The molecule has 5 rings (SSSR count). The van der Waals surface area contributed by atoms with Crippen LogP contribution in [-0.2, 0) is 20.9 Å². The molecule has 1 N–H and O–H groups in total. The summed E-state index contributed by atoms with van der Waals surface area (Å²) < 4.78 is 36.9. The number of benzene rings is 2. The Hall–Kier alpha value is -1.47. The number of hydrogen-bond donors (Lipinski definition) is 1. The number of anilines is 1. The van der Waals surface area contributed by atoms with Crippen LogP contribution >= 0.6 is 56.8 Å². The van der Waals surface area contributed by atoms with Crippen molar-refractivity contribution < 1.29 is 17.5 Å². The van der Waals surface area contributed by atoms with Gasteiger partial charge in [-0.25, -0.2) is 0 Å². The van der Waals surface area contributed by atoms with Crippen molar-refractivity contribution in [1.82, 2.24) is 0 Å². The summed E-state index contributed by atoms with van der Waals surface area (Å²) in [6, 6.07) is 13.4. The minimum atomic E-state index is -3.97. The molecule has 2 aromatic rings. The molecule has 2 aromatic carbocycles. The maximum Gasteiger partial charge on any atom is 0.264 e. The second-order valence-corrected chi connectivity index (χ2v) is 18.7. The van der Waals surface area contributed by atoms with Gasteiger partial charge in [-0.1, -0.05) is 50.9 Å². The summed E-state index contributed by atoms with van der Waals surface area (Å²) in [4.78, 5) is 2.32. The zero-order valence-electron chi connectivity index (χ0n) is 28.8. The lowest BCUT2D eigenvalue weighted by molar-refractivity contribution is -0.438. The number of rotatable bonds is 12. The highest BCUT2D eigenvalue weighted by atomic mass is 127. The lowest BCUT2D eigenvalue weighted by Crippen LogP contribution is -2.28. The van der Waals surface area contributed by atoms with E-state index in [4.69, 9.17) is 11.6 Å². The van der Waals surface area contributed by atoms with E-state index in [-0.39, 0.29) is 16.6 Å². The average molecular weight is 914 g/mol. The van der Waals surface area contributed by atoms with Gasteiger partial charge in [0.15, 0.2) is 5.71 Å². The summed E-state index contributed by atoms with van der Waals surface area (Å²) >= 11 is 12.0. The monoisotopic (exact) mass is 913 g/mol. The van der Waals surface area contributed by atoms with Gasteiger partial charge in [0.1, 0.15) is 6.54 Å². The number of fused-ring (bicyclic) bond motifs is 2. The van der Waals surface area contributed by atoms with E-state index < -0.39 is 10.1 Å². The van der Waals surface area contributed by atoms with Gasteiger partial charge >= 0.3 is 0 Å². The molecule has 5 nitrogen and oxygen atoms in total. The first kappa shape index (κ1) is 37.8. The maximum atomic E-state index is 11.3. The normalized spacial score (nSPS) is 20.5. The van der Waals surface area contributed by atoms with Crippen LogP contribution in [0.15, 0.2) is 82.6 Å². The van der Waals surface area contributed by atoms with Crippen LogP contribution in [0.3, 0.4) is 0 Å². The largest absolute Gasteiger partial charge is 0.344 e. The van der Waals surface area contributed by atoms with Crippen molar-refractivity contribution in [2.45, 2.75) is 96.8 Å². The first-order valence-electron chi connectivity index (χ1n) is 17.1. The van der Waals surface area contributed by atoms with E-state index in [1.807, 2.05) is 0 Å². The molecule has 0 amide bonds. The third kappa shape index (κ3) is 8.19. The number of unbranched alkanes of at least 4 members (excludes halogenated alkanes) is 3. The molecule has 9 heteroatoms. The van der Waals surface area contributed by atoms with Crippen LogP contribution in [0.2, 0.25) is 0 Å². The molecule has 0 aromatic heterocycles. The third-order valence-corrected chi connectivity index (χ3v) is 12.7. The van der Waals surface area contributed by atoms with Crippen LogP contribution in [0.25, 0.3) is 0 Å². The van der Waals surface area contributed by atoms with Gasteiger partial charge in [-0.2, -0.15) is 13.0 Å². The van der Waals surface area contributed by atoms with Crippen LogP contribution < -0.4 is 4.90 Å². The molecule has 0 saturated carbocycles. The molecule has 258 valence electrons. The highest BCUT2D eigenvalue weighted by Crippen LogP contribution is 2.49. The van der Waals surface area contributed by atoms with Crippen molar-refractivity contribution in [3.05, 3.63) is 101 Å². The van der Waals surface area contributed by atoms with Crippen molar-refractivity contribution in [2.75, 3.05) is 23.7 Å². The van der Waals surface area contributed by atoms with Gasteiger partial charge in [-0.3, -0.25) is 4.55 Å². The van der Waals surface area contributed by atoms with E-state index in [9.17, 15) is 13.0 Å². The Balaban J connectivity index is 1.47. The molecular weight excluding hydrogens is 866 g/mol. The summed E-state index contributed by atoms with van der Waals surface area (Å²) in [5.74, 6) is -0.220. The molecule has 0 bridgehead atoms. The van der Waals surface area contributed by atoms with E-state index >= 15 is 0 Å². The van der Waals surface area contributed by atoms with Gasteiger partial charge in [0.25, 0.3) is 10.1 Å². The molecule has 0 radical (unpaired) electrons. The van der Waals surface area contributed by atoms with Crippen LogP contribution in [0.4, 0.5) is 11.4 Å². The first-order valence-corrected chi connectivity index (χ1v) is 21.3. The highest BCUT2D eigenvalue weighted by Gasteiger charge is 2.44. The minimum Gasteiger partial charge on any atom is -0.344 e. The molecule has 0 atom stereocenters. The molecule has 0 unspecified atom stereocenters. The first-order chi connectivity index (χ1) is 22.6. The summed E-state index contributed by atoms with van der Waals surface area (Å²) in [6.07, 6.45) is 16.6. The fourth-order valence-corrected chi connectivity index (χ4v) is 9.28. The van der Waals surface area contributed by atoms with Crippen molar-refractivity contribution in [3.63, 3.8) is 0 Å². The van der Waals surface area contributed by atoms with Gasteiger partial charge in [0.2, 0.25) is 5.69 Å². The topological polar surface area (TPSA) is 60.6 Å². The molecule has 2 heterocycles. The number of nitrogens with zero attached hydrogens (tertiary/aromatic N) is 2. The Morgan fingerprint density at radius 1 is 0.917 bits per heavy atom. The zero-order chi connectivity index (χ0) is 34.9. The lowest BCUT2D eigenvalue weighted by Gasteiger charge is -2.27. The number of hydrogen-bond acceptors (Lipinski definition) is 3. The molecular formula is C39H48ClI2N2O3S+. The van der Waals surface area contributed by atoms with Gasteiger partial charge in [0, 0.05) is 59.6 Å². The summed E-state index contributed by atoms with van der Waals surface area (Å²) in [7, 11) is -3.97. The second kappa shape index (κ2) is 15.4. The molecule has 0 saturated heterocycles. The van der Waals surface area contributed by atoms with E-state index in [1.165, 1.54) is 53.8 Å². The Bertz CT molecular complexity index is 1840. The minimum absolute atomic E-state index is 0.101. The smallest absolute Gasteiger partial charge is 0.264 e. The van der Waals surface area contributed by atoms with Gasteiger partial charge in [-0.15, -0.1) is 0 Å². The quantitative estimate of drug-likeness (QED) is 0.0998. The average Bonchev–Trinajstić information content (AvgIpc) is 3.35. The number of allylic oxidation sites excluding steroid dienone is 8. The fraction of sp³-hybridized carbons (Fsp3) is 0.462. The fourth-order valence-electron chi connectivity index (χ4n) is 7.42. The molecule has 1 aliphatic carbocycles. The second-order valence-electron chi connectivity index (χ2n) is 14.2. The molecule has 0 spiro atoms. The highest BCUT2D eigenvalue weighted by molar-refractivity contribution is 14.1.